The fraction of sp³-hybridized carbons (Fsp3) is 0.208. The van der Waals surface area contributed by atoms with Gasteiger partial charge < -0.3 is 10.6 Å². The van der Waals surface area contributed by atoms with E-state index in [1.165, 1.54) is 4.31 Å². The Morgan fingerprint density at radius 1 is 0.871 bits per heavy atom. The molecule has 4 rings (SSSR count). The van der Waals surface area contributed by atoms with Crippen molar-refractivity contribution < 1.29 is 13.2 Å². The first-order chi connectivity index (χ1) is 14.7. The molecule has 1 aliphatic rings. The molecule has 0 aromatic heterocycles. The third-order valence-corrected chi connectivity index (χ3v) is 7.27. The van der Waals surface area contributed by atoms with Gasteiger partial charge in [0.05, 0.1) is 10.6 Å². The summed E-state index contributed by atoms with van der Waals surface area (Å²) in [5.74, 6) is 0. The Kier molecular flexibility index (Phi) is 5.45. The van der Waals surface area contributed by atoms with E-state index in [4.69, 9.17) is 0 Å². The zero-order valence-corrected chi connectivity index (χ0v) is 18.6. The number of benzene rings is 3. The number of nitrogens with one attached hydrogen (secondary N) is 2. The van der Waals surface area contributed by atoms with Crippen LogP contribution < -0.4 is 14.9 Å². The minimum atomic E-state index is -3.62. The van der Waals surface area contributed by atoms with Crippen LogP contribution in [-0.2, 0) is 16.4 Å². The van der Waals surface area contributed by atoms with Gasteiger partial charge in [-0.25, -0.2) is 13.2 Å². The van der Waals surface area contributed by atoms with Crippen LogP contribution in [0.4, 0.5) is 21.9 Å². The van der Waals surface area contributed by atoms with Crippen molar-refractivity contribution in [3.63, 3.8) is 0 Å². The maximum Gasteiger partial charge on any atom is 0.323 e. The Morgan fingerprint density at radius 2 is 1.58 bits per heavy atom. The van der Waals surface area contributed by atoms with Crippen molar-refractivity contribution in [1.82, 2.24) is 0 Å². The maximum atomic E-state index is 13.1. The lowest BCUT2D eigenvalue weighted by Gasteiger charge is -2.20. The number of aryl methyl sites for hydroxylation is 3. The van der Waals surface area contributed by atoms with Crippen LogP contribution in [0.5, 0.6) is 0 Å². The summed E-state index contributed by atoms with van der Waals surface area (Å²) in [6.07, 6.45) is 0.592. The molecule has 0 radical (unpaired) electrons. The molecule has 7 heteroatoms. The van der Waals surface area contributed by atoms with Crippen LogP contribution in [0.3, 0.4) is 0 Å². The van der Waals surface area contributed by atoms with E-state index in [0.717, 1.165) is 27.9 Å². The van der Waals surface area contributed by atoms with Gasteiger partial charge in [-0.1, -0.05) is 29.8 Å². The van der Waals surface area contributed by atoms with Crippen molar-refractivity contribution in [3.8, 4) is 0 Å². The molecule has 0 saturated heterocycles. The molecule has 0 atom stereocenters. The molecule has 0 unspecified atom stereocenters. The topological polar surface area (TPSA) is 78.5 Å². The summed E-state index contributed by atoms with van der Waals surface area (Å²) in [5.41, 5.74) is 5.97. The molecule has 1 aliphatic heterocycles. The van der Waals surface area contributed by atoms with Gasteiger partial charge in [-0.15, -0.1) is 0 Å². The SMILES string of the molecule is Cc1ccc(S(=O)(=O)N2CCc3cc(NC(=O)Nc4cc(C)ccc4C)ccc32)cc1. The Hall–Kier alpha value is -3.32. The molecular formula is C24H25N3O3S. The third-order valence-electron chi connectivity index (χ3n) is 5.44. The molecule has 0 spiro atoms. The molecule has 6 nitrogen and oxygen atoms in total. The van der Waals surface area contributed by atoms with Gasteiger partial charge in [0.25, 0.3) is 10.0 Å². The zero-order valence-electron chi connectivity index (χ0n) is 17.8. The average molecular weight is 436 g/mol. The molecule has 160 valence electrons. The number of fused-ring (bicyclic) bond motifs is 1. The van der Waals surface area contributed by atoms with Gasteiger partial charge in [-0.2, -0.15) is 0 Å². The van der Waals surface area contributed by atoms with Crippen LogP contribution in [0, 0.1) is 20.8 Å². The van der Waals surface area contributed by atoms with Crippen LogP contribution in [-0.4, -0.2) is 21.0 Å². The molecule has 2 amide bonds. The molecule has 0 fully saturated rings. The second kappa shape index (κ2) is 8.07. The highest BCUT2D eigenvalue weighted by molar-refractivity contribution is 7.92. The van der Waals surface area contributed by atoms with Crippen molar-refractivity contribution >= 4 is 33.1 Å². The smallest absolute Gasteiger partial charge is 0.308 e. The van der Waals surface area contributed by atoms with E-state index in [9.17, 15) is 13.2 Å². The van der Waals surface area contributed by atoms with E-state index in [1.807, 2.05) is 45.0 Å². The second-order valence-corrected chi connectivity index (χ2v) is 9.74. The summed E-state index contributed by atoms with van der Waals surface area (Å²) in [7, 11) is -3.62. The lowest BCUT2D eigenvalue weighted by molar-refractivity contribution is 0.262. The van der Waals surface area contributed by atoms with Crippen molar-refractivity contribution in [2.45, 2.75) is 32.1 Å². The van der Waals surface area contributed by atoms with E-state index >= 15 is 0 Å². The number of anilines is 3. The highest BCUT2D eigenvalue weighted by atomic mass is 32.2. The van der Waals surface area contributed by atoms with Gasteiger partial charge >= 0.3 is 6.03 Å². The Balaban J connectivity index is 1.51. The van der Waals surface area contributed by atoms with Crippen LogP contribution in [0.1, 0.15) is 22.3 Å². The first kappa shape index (κ1) is 20.9. The van der Waals surface area contributed by atoms with Crippen molar-refractivity contribution in [2.75, 3.05) is 21.5 Å². The van der Waals surface area contributed by atoms with E-state index in [1.54, 1.807) is 36.4 Å². The number of hydrogen-bond donors (Lipinski definition) is 2. The number of carbonyl (C=O) groups is 1. The van der Waals surface area contributed by atoms with Gasteiger partial charge in [0.1, 0.15) is 0 Å². The summed E-state index contributed by atoms with van der Waals surface area (Å²) in [4.78, 5) is 12.7. The summed E-state index contributed by atoms with van der Waals surface area (Å²) in [6, 6.07) is 17.7. The predicted octanol–water partition coefficient (Wildman–Crippen LogP) is 5.01. The van der Waals surface area contributed by atoms with Gasteiger partial charge in [0.15, 0.2) is 0 Å². The second-order valence-electron chi connectivity index (χ2n) is 7.88. The van der Waals surface area contributed by atoms with Crippen molar-refractivity contribution in [3.05, 3.63) is 82.9 Å². The van der Waals surface area contributed by atoms with Gasteiger partial charge in [0.2, 0.25) is 0 Å². The van der Waals surface area contributed by atoms with E-state index in [0.29, 0.717) is 24.3 Å². The number of urea groups is 1. The van der Waals surface area contributed by atoms with E-state index in [-0.39, 0.29) is 10.9 Å². The zero-order chi connectivity index (χ0) is 22.2. The predicted molar refractivity (Wildman–Crippen MR) is 124 cm³/mol. The van der Waals surface area contributed by atoms with Crippen LogP contribution in [0.25, 0.3) is 0 Å². The first-order valence-corrected chi connectivity index (χ1v) is 11.6. The molecule has 2 N–H and O–H groups in total. The summed E-state index contributed by atoms with van der Waals surface area (Å²) < 4.78 is 27.6. The molecule has 3 aromatic rings. The first-order valence-electron chi connectivity index (χ1n) is 10.1. The number of sulfonamides is 1. The maximum absolute atomic E-state index is 13.1. The Morgan fingerprint density at radius 3 is 2.32 bits per heavy atom. The molecule has 3 aromatic carbocycles. The average Bonchev–Trinajstić information content (AvgIpc) is 3.15. The summed E-state index contributed by atoms with van der Waals surface area (Å²) in [5, 5.41) is 5.71. The number of hydrogen-bond acceptors (Lipinski definition) is 3. The van der Waals surface area contributed by atoms with Gasteiger partial charge in [0, 0.05) is 17.9 Å². The lowest BCUT2D eigenvalue weighted by Crippen LogP contribution is -2.29. The highest BCUT2D eigenvalue weighted by Gasteiger charge is 2.31. The number of carbonyl (C=O) groups excluding carboxylic acids is 1. The lowest BCUT2D eigenvalue weighted by atomic mass is 10.1. The minimum Gasteiger partial charge on any atom is -0.308 e. The van der Waals surface area contributed by atoms with E-state index < -0.39 is 10.0 Å². The van der Waals surface area contributed by atoms with Crippen LogP contribution in [0.2, 0.25) is 0 Å². The van der Waals surface area contributed by atoms with Gasteiger partial charge in [-0.3, -0.25) is 4.31 Å². The molecule has 0 saturated carbocycles. The highest BCUT2D eigenvalue weighted by Crippen LogP contribution is 2.34. The number of amides is 2. The van der Waals surface area contributed by atoms with Crippen LogP contribution in [0.15, 0.2) is 65.6 Å². The fourth-order valence-electron chi connectivity index (χ4n) is 3.69. The standard InChI is InChI=1S/C24H25N3O3S/c1-16-5-9-21(10-6-16)31(29,30)27-13-12-19-15-20(8-11-23(19)27)25-24(28)26-22-14-17(2)4-7-18(22)3/h4-11,14-15H,12-13H2,1-3H3,(H2,25,26,28). The van der Waals surface area contributed by atoms with Crippen LogP contribution >= 0.6 is 0 Å². The van der Waals surface area contributed by atoms with Gasteiger partial charge in [-0.05, 0) is 80.3 Å². The molecule has 0 bridgehead atoms. The Labute approximate surface area is 183 Å². The Bertz CT molecular complexity index is 1250. The summed E-state index contributed by atoms with van der Waals surface area (Å²) >= 11 is 0. The molecule has 0 aliphatic carbocycles. The third kappa shape index (κ3) is 4.27. The minimum absolute atomic E-state index is 0.279. The quantitative estimate of drug-likeness (QED) is 0.605. The van der Waals surface area contributed by atoms with Crippen molar-refractivity contribution in [2.24, 2.45) is 0 Å². The monoisotopic (exact) mass is 435 g/mol. The molecule has 1 heterocycles. The normalized spacial score (nSPS) is 13.1. The largest absolute Gasteiger partial charge is 0.323 e. The number of rotatable bonds is 4. The number of nitrogens with zero attached hydrogens (tertiary/aromatic N) is 1. The van der Waals surface area contributed by atoms with Crippen molar-refractivity contribution in [1.29, 1.82) is 0 Å². The fourth-order valence-corrected chi connectivity index (χ4v) is 5.19. The molecule has 31 heavy (non-hydrogen) atoms. The molecular weight excluding hydrogens is 410 g/mol. The van der Waals surface area contributed by atoms with E-state index in [2.05, 4.69) is 10.6 Å². The summed E-state index contributed by atoms with van der Waals surface area (Å²) in [6.45, 7) is 6.21.